The molecule has 0 fully saturated rings. The van der Waals surface area contributed by atoms with Crippen LogP contribution in [0.2, 0.25) is 0 Å². The van der Waals surface area contributed by atoms with Gasteiger partial charge in [-0.25, -0.2) is 0 Å². The molecule has 0 heterocycles. The molecule has 0 radical (unpaired) electrons. The Hall–Kier alpha value is -3.15. The molecule has 0 aliphatic heterocycles. The first-order chi connectivity index (χ1) is 30.5. The Balaban J connectivity index is 4.48. The predicted molar refractivity (Wildman–Crippen MR) is 265 cm³/mol. The highest BCUT2D eigenvalue weighted by atomic mass is 16.6. The standard InChI is InChI=1S/C56H96O6/c1-4-7-10-13-16-19-22-25-27-28-29-32-34-37-40-43-46-49-55(58)61-52-53(51-60-54(57)48-45-42-39-36-33-30-24-21-18-15-12-9-6-3)62-56(59)50-47-44-41-38-35-31-26-23-20-17-14-11-8-5-2/h8,11,17,20,25,27,29-30,32-33,37,40,53H,4-7,9-10,12-16,18-19,21-24,26,28,31,34-36,38-39,41-52H2,1-3H3/b11-8-,20-17-,27-25-,32-29-,33-30-,40-37-. The van der Waals surface area contributed by atoms with Crippen LogP contribution in [0.4, 0.5) is 0 Å². The minimum Gasteiger partial charge on any atom is -0.462 e. The Morgan fingerprint density at radius 1 is 0.339 bits per heavy atom. The Kier molecular flexibility index (Phi) is 47.9. The summed E-state index contributed by atoms with van der Waals surface area (Å²) < 4.78 is 16.7. The number of carbonyl (C=O) groups is 3. The number of carbonyl (C=O) groups excluding carboxylic acids is 3. The molecule has 356 valence electrons. The summed E-state index contributed by atoms with van der Waals surface area (Å²) in [7, 11) is 0. The van der Waals surface area contributed by atoms with Crippen LogP contribution in [0.5, 0.6) is 0 Å². The van der Waals surface area contributed by atoms with E-state index < -0.39 is 6.10 Å². The van der Waals surface area contributed by atoms with E-state index >= 15 is 0 Å². The van der Waals surface area contributed by atoms with Crippen LogP contribution in [0.1, 0.15) is 245 Å². The first-order valence-electron chi connectivity index (χ1n) is 25.9. The average molecular weight is 865 g/mol. The number of allylic oxidation sites excluding steroid dienone is 12. The normalized spacial score (nSPS) is 12.6. The van der Waals surface area contributed by atoms with E-state index in [2.05, 4.69) is 93.7 Å². The average Bonchev–Trinajstić information content (AvgIpc) is 3.27. The van der Waals surface area contributed by atoms with Crippen LogP contribution < -0.4 is 0 Å². The van der Waals surface area contributed by atoms with Gasteiger partial charge >= 0.3 is 17.9 Å². The Morgan fingerprint density at radius 2 is 0.645 bits per heavy atom. The second-order valence-corrected chi connectivity index (χ2v) is 17.0. The van der Waals surface area contributed by atoms with E-state index in [1.165, 1.54) is 109 Å². The number of unbranched alkanes of at least 4 members (excludes halogenated alkanes) is 23. The van der Waals surface area contributed by atoms with Crippen molar-refractivity contribution in [3.63, 3.8) is 0 Å². The maximum atomic E-state index is 12.8. The van der Waals surface area contributed by atoms with Crippen molar-refractivity contribution < 1.29 is 28.6 Å². The molecule has 6 heteroatoms. The zero-order valence-corrected chi connectivity index (χ0v) is 40.6. The summed E-state index contributed by atoms with van der Waals surface area (Å²) in [6.07, 6.45) is 63.2. The third-order valence-corrected chi connectivity index (χ3v) is 10.9. The summed E-state index contributed by atoms with van der Waals surface area (Å²) in [6.45, 7) is 6.45. The van der Waals surface area contributed by atoms with Crippen molar-refractivity contribution in [3.05, 3.63) is 72.9 Å². The third kappa shape index (κ3) is 47.9. The predicted octanol–water partition coefficient (Wildman–Crippen LogP) is 17.0. The maximum Gasteiger partial charge on any atom is 0.306 e. The summed E-state index contributed by atoms with van der Waals surface area (Å²) in [6, 6.07) is 0. The van der Waals surface area contributed by atoms with E-state index in [1.807, 2.05) is 0 Å². The molecule has 0 aromatic carbocycles. The van der Waals surface area contributed by atoms with Gasteiger partial charge in [0.1, 0.15) is 13.2 Å². The lowest BCUT2D eigenvalue weighted by atomic mass is 10.1. The number of hydrogen-bond acceptors (Lipinski definition) is 6. The number of rotatable bonds is 46. The zero-order valence-electron chi connectivity index (χ0n) is 40.6. The van der Waals surface area contributed by atoms with E-state index in [0.717, 1.165) is 89.9 Å². The van der Waals surface area contributed by atoms with E-state index in [1.54, 1.807) is 0 Å². The van der Waals surface area contributed by atoms with Crippen LogP contribution in [0.25, 0.3) is 0 Å². The molecule has 6 nitrogen and oxygen atoms in total. The second kappa shape index (κ2) is 50.5. The quantitative estimate of drug-likeness (QED) is 0.0262. The van der Waals surface area contributed by atoms with Gasteiger partial charge in [0, 0.05) is 19.3 Å². The van der Waals surface area contributed by atoms with Crippen molar-refractivity contribution in [1.29, 1.82) is 0 Å². The van der Waals surface area contributed by atoms with Crippen molar-refractivity contribution in [2.75, 3.05) is 13.2 Å². The van der Waals surface area contributed by atoms with Gasteiger partial charge in [0.15, 0.2) is 6.10 Å². The van der Waals surface area contributed by atoms with Gasteiger partial charge in [0.2, 0.25) is 0 Å². The Morgan fingerprint density at radius 3 is 1.08 bits per heavy atom. The fourth-order valence-electron chi connectivity index (χ4n) is 7.02. The molecule has 1 atom stereocenters. The molecule has 0 amide bonds. The van der Waals surface area contributed by atoms with E-state index in [-0.39, 0.29) is 37.5 Å². The summed E-state index contributed by atoms with van der Waals surface area (Å²) in [5.41, 5.74) is 0. The Labute approximate surface area is 382 Å². The molecule has 0 saturated carbocycles. The zero-order chi connectivity index (χ0) is 45.1. The molecule has 0 N–H and O–H groups in total. The highest BCUT2D eigenvalue weighted by Crippen LogP contribution is 2.13. The molecule has 0 aliphatic rings. The van der Waals surface area contributed by atoms with Crippen molar-refractivity contribution in [2.24, 2.45) is 0 Å². The van der Waals surface area contributed by atoms with Gasteiger partial charge in [-0.3, -0.25) is 14.4 Å². The van der Waals surface area contributed by atoms with Crippen LogP contribution in [-0.4, -0.2) is 37.2 Å². The van der Waals surface area contributed by atoms with Crippen LogP contribution >= 0.6 is 0 Å². The van der Waals surface area contributed by atoms with Crippen LogP contribution in [0.3, 0.4) is 0 Å². The van der Waals surface area contributed by atoms with Crippen LogP contribution in [0.15, 0.2) is 72.9 Å². The van der Waals surface area contributed by atoms with E-state index in [9.17, 15) is 14.4 Å². The molecule has 0 aromatic rings. The molecule has 1 unspecified atom stereocenters. The fraction of sp³-hybridized carbons (Fsp3) is 0.732. The van der Waals surface area contributed by atoms with Gasteiger partial charge in [0.05, 0.1) is 0 Å². The van der Waals surface area contributed by atoms with Gasteiger partial charge < -0.3 is 14.2 Å². The molecule has 62 heavy (non-hydrogen) atoms. The SMILES string of the molecule is CC/C=C\C/C=C\CCCCCCCCCC(=O)OC(COC(=O)CCC/C=C\C/C=C\C/C=C\CCCCCCCC)COC(=O)CCCCC/C=C\CCCCCCCC. The van der Waals surface area contributed by atoms with E-state index in [0.29, 0.717) is 19.3 Å². The van der Waals surface area contributed by atoms with Crippen molar-refractivity contribution in [1.82, 2.24) is 0 Å². The Bertz CT molecular complexity index is 1180. The number of esters is 3. The monoisotopic (exact) mass is 865 g/mol. The summed E-state index contributed by atoms with van der Waals surface area (Å²) in [5, 5.41) is 0. The van der Waals surface area contributed by atoms with Crippen molar-refractivity contribution in [2.45, 2.75) is 252 Å². The van der Waals surface area contributed by atoms with Gasteiger partial charge in [-0.05, 0) is 103 Å². The van der Waals surface area contributed by atoms with Crippen LogP contribution in [0, 0.1) is 0 Å². The molecule has 0 saturated heterocycles. The first-order valence-corrected chi connectivity index (χ1v) is 25.9. The summed E-state index contributed by atoms with van der Waals surface area (Å²) in [5.74, 6) is -0.979. The maximum absolute atomic E-state index is 12.8. The topological polar surface area (TPSA) is 78.9 Å². The van der Waals surface area contributed by atoms with Crippen LogP contribution in [-0.2, 0) is 28.6 Å². The number of hydrogen-bond donors (Lipinski definition) is 0. The van der Waals surface area contributed by atoms with Gasteiger partial charge in [0.25, 0.3) is 0 Å². The third-order valence-electron chi connectivity index (χ3n) is 10.9. The second-order valence-electron chi connectivity index (χ2n) is 17.0. The molecular weight excluding hydrogens is 769 g/mol. The largest absolute Gasteiger partial charge is 0.462 e. The van der Waals surface area contributed by atoms with Crippen molar-refractivity contribution >= 4 is 17.9 Å². The van der Waals surface area contributed by atoms with Gasteiger partial charge in [-0.15, -0.1) is 0 Å². The van der Waals surface area contributed by atoms with Gasteiger partial charge in [-0.1, -0.05) is 196 Å². The lowest BCUT2D eigenvalue weighted by molar-refractivity contribution is -0.167. The highest BCUT2D eigenvalue weighted by Gasteiger charge is 2.19. The smallest absolute Gasteiger partial charge is 0.306 e. The molecular formula is C56H96O6. The summed E-state index contributed by atoms with van der Waals surface area (Å²) in [4.78, 5) is 37.9. The molecule has 0 aromatic heterocycles. The summed E-state index contributed by atoms with van der Waals surface area (Å²) >= 11 is 0. The lowest BCUT2D eigenvalue weighted by Crippen LogP contribution is -2.30. The van der Waals surface area contributed by atoms with E-state index in [4.69, 9.17) is 14.2 Å². The fourth-order valence-corrected chi connectivity index (χ4v) is 7.02. The molecule has 0 spiro atoms. The highest BCUT2D eigenvalue weighted by molar-refractivity contribution is 5.71. The first kappa shape index (κ1) is 58.9. The minimum atomic E-state index is -0.805. The number of ether oxygens (including phenoxy) is 3. The lowest BCUT2D eigenvalue weighted by Gasteiger charge is -2.18. The van der Waals surface area contributed by atoms with Gasteiger partial charge in [-0.2, -0.15) is 0 Å². The van der Waals surface area contributed by atoms with Crippen molar-refractivity contribution in [3.8, 4) is 0 Å². The molecule has 0 rings (SSSR count). The molecule has 0 aliphatic carbocycles. The molecule has 0 bridgehead atoms. The minimum absolute atomic E-state index is 0.102.